The highest BCUT2D eigenvalue weighted by molar-refractivity contribution is 5.72. The lowest BCUT2D eigenvalue weighted by atomic mass is 10.0. The maximum atomic E-state index is 11.9. The molecule has 0 rings (SSSR count). The second-order valence-electron chi connectivity index (χ2n) is 8.43. The summed E-state index contributed by atoms with van der Waals surface area (Å²) in [5.74, 6) is -0.174. The van der Waals surface area contributed by atoms with Gasteiger partial charge >= 0.3 is 5.97 Å². The number of rotatable bonds is 19. The number of ether oxygens (including phenoxy) is 2. The second kappa shape index (κ2) is 18.8. The monoisotopic (exact) mass is 384 g/mol. The third-order valence-corrected chi connectivity index (χ3v) is 5.17. The quantitative estimate of drug-likeness (QED) is 0.171. The van der Waals surface area contributed by atoms with Gasteiger partial charge in [0.25, 0.3) is 0 Å². The van der Waals surface area contributed by atoms with E-state index in [0.29, 0.717) is 12.7 Å². The molecule has 3 nitrogen and oxygen atoms in total. The van der Waals surface area contributed by atoms with Gasteiger partial charge in [-0.3, -0.25) is 4.79 Å². The van der Waals surface area contributed by atoms with Crippen molar-refractivity contribution in [2.75, 3.05) is 6.61 Å². The average molecular weight is 385 g/mol. The molecular weight excluding hydrogens is 336 g/mol. The van der Waals surface area contributed by atoms with Crippen LogP contribution in [0.3, 0.4) is 0 Å². The summed E-state index contributed by atoms with van der Waals surface area (Å²) in [5.41, 5.74) is 0. The molecule has 0 bridgehead atoms. The van der Waals surface area contributed by atoms with Gasteiger partial charge in [0.2, 0.25) is 0 Å². The number of esters is 1. The topological polar surface area (TPSA) is 35.5 Å². The van der Waals surface area contributed by atoms with Gasteiger partial charge in [-0.25, -0.2) is 0 Å². The van der Waals surface area contributed by atoms with E-state index < -0.39 is 0 Å². The van der Waals surface area contributed by atoms with Gasteiger partial charge in [0.1, 0.15) is 0 Å². The van der Waals surface area contributed by atoms with Crippen molar-refractivity contribution >= 4 is 5.97 Å². The third-order valence-electron chi connectivity index (χ3n) is 5.17. The van der Waals surface area contributed by atoms with Crippen molar-refractivity contribution in [2.24, 2.45) is 5.92 Å². The van der Waals surface area contributed by atoms with Gasteiger partial charge in [0.15, 0.2) is 0 Å². The van der Waals surface area contributed by atoms with Gasteiger partial charge in [0, 0.05) is 6.61 Å². The zero-order valence-corrected chi connectivity index (χ0v) is 19.1. The molecule has 0 spiro atoms. The van der Waals surface area contributed by atoms with Crippen LogP contribution in [-0.4, -0.2) is 24.8 Å². The van der Waals surface area contributed by atoms with Crippen LogP contribution < -0.4 is 0 Å². The van der Waals surface area contributed by atoms with Crippen molar-refractivity contribution < 1.29 is 14.3 Å². The summed E-state index contributed by atoms with van der Waals surface area (Å²) in [6.45, 7) is 10.9. The highest BCUT2D eigenvalue weighted by Crippen LogP contribution is 2.17. The van der Waals surface area contributed by atoms with Gasteiger partial charge in [-0.05, 0) is 33.1 Å². The lowest BCUT2D eigenvalue weighted by Crippen LogP contribution is -2.22. The maximum Gasteiger partial charge on any atom is 0.308 e. The van der Waals surface area contributed by atoms with Crippen molar-refractivity contribution in [1.29, 1.82) is 0 Å². The molecule has 3 heteroatoms. The Hall–Kier alpha value is -0.570. The number of carbonyl (C=O) groups excluding carboxylic acids is 1. The fraction of sp³-hybridized carbons (Fsp3) is 0.958. The van der Waals surface area contributed by atoms with Gasteiger partial charge in [0.05, 0.1) is 18.1 Å². The SMILES string of the molecule is CCCCCCCCC(CCCCCCC)OCC[C@@H](C)C(=O)OC(C)C. The molecule has 0 N–H and O–H groups in total. The Morgan fingerprint density at radius 3 is 1.67 bits per heavy atom. The van der Waals surface area contributed by atoms with E-state index in [1.54, 1.807) is 0 Å². The summed E-state index contributed by atoms with van der Waals surface area (Å²) in [6.07, 6.45) is 18.0. The zero-order valence-electron chi connectivity index (χ0n) is 19.1. The summed E-state index contributed by atoms with van der Waals surface area (Å²) in [7, 11) is 0. The van der Waals surface area contributed by atoms with E-state index in [-0.39, 0.29) is 18.0 Å². The van der Waals surface area contributed by atoms with Gasteiger partial charge in [-0.1, -0.05) is 91.4 Å². The molecule has 0 aromatic rings. The number of carbonyl (C=O) groups is 1. The van der Waals surface area contributed by atoms with Crippen LogP contribution in [0.25, 0.3) is 0 Å². The second-order valence-corrected chi connectivity index (χ2v) is 8.43. The Labute approximate surface area is 170 Å². The molecule has 0 aliphatic rings. The molecule has 0 aromatic carbocycles. The lowest BCUT2D eigenvalue weighted by molar-refractivity contribution is -0.152. The fourth-order valence-corrected chi connectivity index (χ4v) is 3.32. The van der Waals surface area contributed by atoms with Crippen molar-refractivity contribution in [1.82, 2.24) is 0 Å². The predicted molar refractivity (Wildman–Crippen MR) is 116 cm³/mol. The van der Waals surface area contributed by atoms with E-state index in [4.69, 9.17) is 9.47 Å². The highest BCUT2D eigenvalue weighted by Gasteiger charge is 2.17. The summed E-state index contributed by atoms with van der Waals surface area (Å²) in [4.78, 5) is 11.9. The molecule has 0 fully saturated rings. The summed E-state index contributed by atoms with van der Waals surface area (Å²) in [6, 6.07) is 0. The van der Waals surface area contributed by atoms with Crippen LogP contribution in [0.15, 0.2) is 0 Å². The van der Waals surface area contributed by atoms with E-state index in [2.05, 4.69) is 13.8 Å². The molecular formula is C24H48O3. The van der Waals surface area contributed by atoms with E-state index in [1.165, 1.54) is 83.5 Å². The Bertz CT molecular complexity index is 328. The normalized spacial score (nSPS) is 13.7. The van der Waals surface area contributed by atoms with E-state index in [0.717, 1.165) is 6.42 Å². The Balaban J connectivity index is 4.09. The van der Waals surface area contributed by atoms with Crippen molar-refractivity contribution in [3.05, 3.63) is 0 Å². The largest absolute Gasteiger partial charge is 0.463 e. The van der Waals surface area contributed by atoms with Gasteiger partial charge in [-0.2, -0.15) is 0 Å². The smallest absolute Gasteiger partial charge is 0.308 e. The fourth-order valence-electron chi connectivity index (χ4n) is 3.32. The first-order chi connectivity index (χ1) is 13.0. The Morgan fingerprint density at radius 2 is 1.19 bits per heavy atom. The molecule has 0 radical (unpaired) electrons. The molecule has 0 amide bonds. The average Bonchev–Trinajstić information content (AvgIpc) is 2.63. The minimum Gasteiger partial charge on any atom is -0.463 e. The molecule has 0 heterocycles. The molecule has 162 valence electrons. The maximum absolute atomic E-state index is 11.9. The highest BCUT2D eigenvalue weighted by atomic mass is 16.5. The molecule has 27 heavy (non-hydrogen) atoms. The molecule has 2 atom stereocenters. The zero-order chi connectivity index (χ0) is 20.3. The summed E-state index contributed by atoms with van der Waals surface area (Å²) >= 11 is 0. The van der Waals surface area contributed by atoms with Crippen LogP contribution in [0.5, 0.6) is 0 Å². The van der Waals surface area contributed by atoms with Crippen molar-refractivity contribution in [3.8, 4) is 0 Å². The van der Waals surface area contributed by atoms with E-state index in [9.17, 15) is 4.79 Å². The van der Waals surface area contributed by atoms with Gasteiger partial charge in [-0.15, -0.1) is 0 Å². The molecule has 0 aromatic heterocycles. The third kappa shape index (κ3) is 17.3. The van der Waals surface area contributed by atoms with Crippen LogP contribution in [0, 0.1) is 5.92 Å². The molecule has 0 saturated heterocycles. The van der Waals surface area contributed by atoms with Crippen LogP contribution in [0.1, 0.15) is 125 Å². The number of unbranched alkanes of at least 4 members (excludes halogenated alkanes) is 9. The molecule has 0 aliphatic carbocycles. The Morgan fingerprint density at radius 1 is 0.704 bits per heavy atom. The summed E-state index contributed by atoms with van der Waals surface area (Å²) in [5, 5.41) is 0. The first-order valence-corrected chi connectivity index (χ1v) is 11.8. The number of hydrogen-bond donors (Lipinski definition) is 0. The standard InChI is InChI=1S/C24H48O3/c1-6-8-10-12-14-16-18-23(17-15-13-11-9-7-2)26-20-19-22(5)24(25)27-21(3)4/h21-23H,6-20H2,1-5H3/t22-,23?/m1/s1. The van der Waals surface area contributed by atoms with E-state index >= 15 is 0 Å². The number of hydrogen-bond acceptors (Lipinski definition) is 3. The predicted octanol–water partition coefficient (Wildman–Crippen LogP) is 7.46. The van der Waals surface area contributed by atoms with Crippen molar-refractivity contribution in [2.45, 2.75) is 137 Å². The first kappa shape index (κ1) is 26.4. The van der Waals surface area contributed by atoms with Crippen LogP contribution in [0.2, 0.25) is 0 Å². The van der Waals surface area contributed by atoms with E-state index in [1.807, 2.05) is 20.8 Å². The van der Waals surface area contributed by atoms with Crippen molar-refractivity contribution in [3.63, 3.8) is 0 Å². The van der Waals surface area contributed by atoms with Crippen LogP contribution in [0.4, 0.5) is 0 Å². The van der Waals surface area contributed by atoms with Gasteiger partial charge < -0.3 is 9.47 Å². The minimum atomic E-state index is -0.0966. The minimum absolute atomic E-state index is 0.0376. The molecule has 0 saturated carbocycles. The first-order valence-electron chi connectivity index (χ1n) is 11.8. The Kier molecular flexibility index (Phi) is 18.4. The summed E-state index contributed by atoms with van der Waals surface area (Å²) < 4.78 is 11.5. The van der Waals surface area contributed by atoms with Crippen LogP contribution >= 0.6 is 0 Å². The molecule has 0 aliphatic heterocycles. The molecule has 1 unspecified atom stereocenters. The van der Waals surface area contributed by atoms with Crippen LogP contribution in [-0.2, 0) is 14.3 Å². The lowest BCUT2D eigenvalue weighted by Gasteiger charge is -2.20.